The monoisotopic (exact) mass is 263 g/mol. The molecule has 0 fully saturated rings. The predicted molar refractivity (Wildman–Crippen MR) is 71.9 cm³/mol. The average molecular weight is 263 g/mol. The first-order valence-electron chi connectivity index (χ1n) is 6.19. The second-order valence-electron chi connectivity index (χ2n) is 4.26. The van der Waals surface area contributed by atoms with Gasteiger partial charge in [-0.05, 0) is 13.3 Å². The van der Waals surface area contributed by atoms with Crippen molar-refractivity contribution in [2.45, 2.75) is 33.0 Å². The molecule has 0 radical (unpaired) electrons. The standard InChI is InChI=1S/C12H17N5O2/c1-2-16-8-10(13)11(18)17(12(16)19)6-3-5-15-7-4-14-9-15/h4,7-9H,2-3,5-6,13H2,1H3. The van der Waals surface area contributed by atoms with Crippen LogP contribution in [0.1, 0.15) is 13.3 Å². The van der Waals surface area contributed by atoms with Crippen molar-refractivity contribution < 1.29 is 0 Å². The van der Waals surface area contributed by atoms with E-state index in [2.05, 4.69) is 4.98 Å². The molecule has 0 aliphatic heterocycles. The van der Waals surface area contributed by atoms with E-state index in [4.69, 9.17) is 5.73 Å². The summed E-state index contributed by atoms with van der Waals surface area (Å²) in [6, 6.07) is 0. The third kappa shape index (κ3) is 2.75. The van der Waals surface area contributed by atoms with Crippen LogP contribution in [-0.2, 0) is 19.6 Å². The van der Waals surface area contributed by atoms with Crippen LogP contribution in [0.4, 0.5) is 5.69 Å². The third-order valence-corrected chi connectivity index (χ3v) is 2.96. The van der Waals surface area contributed by atoms with Crippen LogP contribution in [-0.4, -0.2) is 18.7 Å². The number of hydrogen-bond donors (Lipinski definition) is 1. The van der Waals surface area contributed by atoms with Crippen molar-refractivity contribution >= 4 is 5.69 Å². The van der Waals surface area contributed by atoms with Gasteiger partial charge in [-0.25, -0.2) is 9.78 Å². The molecule has 0 saturated heterocycles. The van der Waals surface area contributed by atoms with E-state index in [1.807, 2.05) is 17.7 Å². The lowest BCUT2D eigenvalue weighted by atomic mass is 10.4. The number of nitrogens with two attached hydrogens (primary N) is 1. The highest BCUT2D eigenvalue weighted by atomic mass is 16.2. The number of aromatic nitrogens is 4. The van der Waals surface area contributed by atoms with Crippen LogP contribution in [0.5, 0.6) is 0 Å². The number of anilines is 1. The molecule has 2 heterocycles. The van der Waals surface area contributed by atoms with Crippen molar-refractivity contribution in [2.75, 3.05) is 5.73 Å². The second kappa shape index (κ2) is 5.55. The smallest absolute Gasteiger partial charge is 0.331 e. The fourth-order valence-electron chi connectivity index (χ4n) is 1.93. The zero-order chi connectivity index (χ0) is 13.8. The lowest BCUT2D eigenvalue weighted by Crippen LogP contribution is -2.40. The SMILES string of the molecule is CCn1cc(N)c(=O)n(CCCn2ccnc2)c1=O. The Hall–Kier alpha value is -2.31. The Morgan fingerprint density at radius 3 is 2.74 bits per heavy atom. The molecule has 0 atom stereocenters. The molecule has 2 rings (SSSR count). The quantitative estimate of drug-likeness (QED) is 0.816. The van der Waals surface area contributed by atoms with Crippen molar-refractivity contribution in [3.8, 4) is 0 Å². The largest absolute Gasteiger partial charge is 0.393 e. The topological polar surface area (TPSA) is 87.8 Å². The number of imidazole rings is 1. The lowest BCUT2D eigenvalue weighted by molar-refractivity contribution is 0.512. The van der Waals surface area contributed by atoms with Crippen molar-refractivity contribution in [1.29, 1.82) is 0 Å². The molecule has 0 spiro atoms. The van der Waals surface area contributed by atoms with Crippen LogP contribution in [0.25, 0.3) is 0 Å². The van der Waals surface area contributed by atoms with E-state index in [9.17, 15) is 9.59 Å². The fourth-order valence-corrected chi connectivity index (χ4v) is 1.93. The minimum absolute atomic E-state index is 0.101. The maximum atomic E-state index is 12.0. The third-order valence-electron chi connectivity index (χ3n) is 2.96. The summed E-state index contributed by atoms with van der Waals surface area (Å²) in [5.74, 6) is 0. The number of nitrogen functional groups attached to an aromatic ring is 1. The Morgan fingerprint density at radius 2 is 2.11 bits per heavy atom. The van der Waals surface area contributed by atoms with Gasteiger partial charge in [-0.1, -0.05) is 0 Å². The first-order valence-corrected chi connectivity index (χ1v) is 6.19. The van der Waals surface area contributed by atoms with Gasteiger partial charge in [0.15, 0.2) is 0 Å². The molecule has 7 nitrogen and oxygen atoms in total. The van der Waals surface area contributed by atoms with Crippen LogP contribution in [0.3, 0.4) is 0 Å². The van der Waals surface area contributed by atoms with Crippen LogP contribution in [0, 0.1) is 0 Å². The molecule has 0 aliphatic rings. The van der Waals surface area contributed by atoms with Gasteiger partial charge in [-0.3, -0.25) is 13.9 Å². The molecule has 0 unspecified atom stereocenters. The van der Waals surface area contributed by atoms with Gasteiger partial charge in [0.05, 0.1) is 6.33 Å². The van der Waals surface area contributed by atoms with Crippen molar-refractivity contribution in [1.82, 2.24) is 18.7 Å². The zero-order valence-electron chi connectivity index (χ0n) is 10.8. The number of hydrogen-bond acceptors (Lipinski definition) is 4. The van der Waals surface area contributed by atoms with Crippen molar-refractivity contribution in [2.24, 2.45) is 0 Å². The number of rotatable bonds is 5. The van der Waals surface area contributed by atoms with Gasteiger partial charge in [0, 0.05) is 38.2 Å². The van der Waals surface area contributed by atoms with Gasteiger partial charge in [0.2, 0.25) is 0 Å². The Balaban J connectivity index is 2.18. The number of aryl methyl sites for hydroxylation is 2. The minimum atomic E-state index is -0.416. The Kier molecular flexibility index (Phi) is 3.84. The highest BCUT2D eigenvalue weighted by Gasteiger charge is 2.08. The molecule has 2 aromatic rings. The Morgan fingerprint density at radius 1 is 1.32 bits per heavy atom. The van der Waals surface area contributed by atoms with Gasteiger partial charge in [-0.2, -0.15) is 0 Å². The summed E-state index contributed by atoms with van der Waals surface area (Å²) in [5.41, 5.74) is 5.00. The highest BCUT2D eigenvalue weighted by molar-refractivity contribution is 5.30. The van der Waals surface area contributed by atoms with Gasteiger partial charge in [0.25, 0.3) is 5.56 Å². The Labute approximate surface area is 109 Å². The first-order chi connectivity index (χ1) is 9.13. The predicted octanol–water partition coefficient (Wildman–Crippen LogP) is -0.101. The van der Waals surface area contributed by atoms with Gasteiger partial charge >= 0.3 is 5.69 Å². The van der Waals surface area contributed by atoms with Crippen LogP contribution in [0.2, 0.25) is 0 Å². The molecule has 0 saturated carbocycles. The molecule has 0 aromatic carbocycles. The van der Waals surface area contributed by atoms with E-state index in [1.54, 1.807) is 12.5 Å². The molecule has 102 valence electrons. The van der Waals surface area contributed by atoms with E-state index in [0.717, 1.165) is 0 Å². The molecular weight excluding hydrogens is 246 g/mol. The molecule has 0 aliphatic carbocycles. The van der Waals surface area contributed by atoms with Crippen LogP contribution in [0.15, 0.2) is 34.5 Å². The summed E-state index contributed by atoms with van der Waals surface area (Å²) in [6.07, 6.45) is 7.30. The average Bonchev–Trinajstić information content (AvgIpc) is 2.91. The van der Waals surface area contributed by atoms with Gasteiger partial charge in [-0.15, -0.1) is 0 Å². The molecule has 0 amide bonds. The lowest BCUT2D eigenvalue weighted by Gasteiger charge is -2.10. The number of nitrogens with zero attached hydrogens (tertiary/aromatic N) is 4. The normalized spacial score (nSPS) is 10.8. The van der Waals surface area contributed by atoms with E-state index in [0.29, 0.717) is 26.1 Å². The van der Waals surface area contributed by atoms with E-state index < -0.39 is 5.56 Å². The van der Waals surface area contributed by atoms with Crippen molar-refractivity contribution in [3.05, 3.63) is 45.8 Å². The molecule has 7 heteroatoms. The maximum absolute atomic E-state index is 12.0. The molecule has 2 N–H and O–H groups in total. The summed E-state index contributed by atoms with van der Waals surface area (Å²) in [5, 5.41) is 0. The van der Waals surface area contributed by atoms with E-state index in [-0.39, 0.29) is 11.4 Å². The second-order valence-corrected chi connectivity index (χ2v) is 4.26. The highest BCUT2D eigenvalue weighted by Crippen LogP contribution is 1.94. The van der Waals surface area contributed by atoms with Gasteiger partial charge < -0.3 is 10.3 Å². The summed E-state index contributed by atoms with van der Waals surface area (Å²) in [7, 11) is 0. The molecule has 0 bridgehead atoms. The maximum Gasteiger partial charge on any atom is 0.331 e. The fraction of sp³-hybridized carbons (Fsp3) is 0.417. The van der Waals surface area contributed by atoms with Crippen molar-refractivity contribution in [3.63, 3.8) is 0 Å². The minimum Gasteiger partial charge on any atom is -0.393 e. The summed E-state index contributed by atoms with van der Waals surface area (Å²) < 4.78 is 4.53. The Bertz CT molecular complexity index is 654. The summed E-state index contributed by atoms with van der Waals surface area (Å²) in [4.78, 5) is 27.8. The van der Waals surface area contributed by atoms with Crippen LogP contribution >= 0.6 is 0 Å². The molecule has 19 heavy (non-hydrogen) atoms. The zero-order valence-corrected chi connectivity index (χ0v) is 10.8. The van der Waals surface area contributed by atoms with Gasteiger partial charge in [0.1, 0.15) is 5.69 Å². The first kappa shape index (κ1) is 13.1. The van der Waals surface area contributed by atoms with E-state index >= 15 is 0 Å². The molecule has 2 aromatic heterocycles. The molecular formula is C12H17N5O2. The van der Waals surface area contributed by atoms with Crippen LogP contribution < -0.4 is 17.0 Å². The van der Waals surface area contributed by atoms with E-state index in [1.165, 1.54) is 15.3 Å². The summed E-state index contributed by atoms with van der Waals surface area (Å²) in [6.45, 7) is 3.37. The summed E-state index contributed by atoms with van der Waals surface area (Å²) >= 11 is 0.